The summed E-state index contributed by atoms with van der Waals surface area (Å²) in [6.45, 7) is 7.86. The fourth-order valence-electron chi connectivity index (χ4n) is 2.11. The molecule has 1 rings (SSSR count). The van der Waals surface area contributed by atoms with Gasteiger partial charge in [0.25, 0.3) is 0 Å². The molecule has 0 bridgehead atoms. The van der Waals surface area contributed by atoms with E-state index in [4.69, 9.17) is 4.74 Å². The molecule has 1 atom stereocenters. The van der Waals surface area contributed by atoms with Gasteiger partial charge in [0.15, 0.2) is 0 Å². The molecule has 1 unspecified atom stereocenters. The van der Waals surface area contributed by atoms with Crippen LogP contribution in [0.5, 0.6) is 0 Å². The summed E-state index contributed by atoms with van der Waals surface area (Å²) in [5, 5.41) is 0. The molecule has 1 nitrogen and oxygen atoms in total. The van der Waals surface area contributed by atoms with E-state index in [1.54, 1.807) is 0 Å². The van der Waals surface area contributed by atoms with Gasteiger partial charge in [-0.25, -0.2) is 0 Å². The van der Waals surface area contributed by atoms with Crippen LogP contribution < -0.4 is 0 Å². The van der Waals surface area contributed by atoms with Crippen LogP contribution in [0, 0.1) is 11.3 Å². The fourth-order valence-corrected chi connectivity index (χ4v) is 2.47. The summed E-state index contributed by atoms with van der Waals surface area (Å²) in [6.07, 6.45) is 6.82. The average Bonchev–Trinajstić information content (AvgIpc) is 2.21. The fraction of sp³-hybridized carbons (Fsp3) is 1.00. The Balaban J connectivity index is 2.18. The van der Waals surface area contributed by atoms with Crippen LogP contribution in [0.4, 0.5) is 0 Å². The summed E-state index contributed by atoms with van der Waals surface area (Å²) in [5.74, 6) is 1.60. The lowest BCUT2D eigenvalue weighted by molar-refractivity contribution is -0.00949. The van der Waals surface area contributed by atoms with Crippen molar-refractivity contribution in [2.45, 2.75) is 59.0 Å². The summed E-state index contributed by atoms with van der Waals surface area (Å²) in [4.78, 5) is 0. The molecule has 1 fully saturated rings. The van der Waals surface area contributed by atoms with E-state index in [1.165, 1.54) is 32.1 Å². The van der Waals surface area contributed by atoms with Gasteiger partial charge in [0.1, 0.15) is 0 Å². The second kappa shape index (κ2) is 6.15. The number of hydrogen-bond donors (Lipinski definition) is 1. The van der Waals surface area contributed by atoms with Gasteiger partial charge < -0.3 is 4.74 Å². The molecule has 0 aromatic heterocycles. The first kappa shape index (κ1) is 13.4. The molecule has 0 N–H and O–H groups in total. The predicted molar refractivity (Wildman–Crippen MR) is 69.6 cm³/mol. The maximum absolute atomic E-state index is 5.97. The summed E-state index contributed by atoms with van der Waals surface area (Å²) >= 11 is 4.34. The molecule has 0 spiro atoms. The van der Waals surface area contributed by atoms with E-state index in [-0.39, 0.29) is 0 Å². The Kier molecular flexibility index (Phi) is 5.48. The first-order chi connectivity index (χ1) is 7.07. The Bertz CT molecular complexity index is 165. The highest BCUT2D eigenvalue weighted by Crippen LogP contribution is 2.36. The van der Waals surface area contributed by atoms with E-state index in [2.05, 4.69) is 33.4 Å². The lowest BCUT2D eigenvalue weighted by Gasteiger charge is -2.34. The molecule has 0 heterocycles. The molecule has 1 aliphatic rings. The van der Waals surface area contributed by atoms with Crippen LogP contribution in [-0.4, -0.2) is 18.5 Å². The van der Waals surface area contributed by atoms with E-state index in [9.17, 15) is 0 Å². The van der Waals surface area contributed by atoms with Gasteiger partial charge in [0.2, 0.25) is 0 Å². The highest BCUT2D eigenvalue weighted by atomic mass is 32.1. The molecule has 0 aliphatic heterocycles. The number of rotatable bonds is 5. The molecular formula is C13H26OS. The number of thiol groups is 1. The van der Waals surface area contributed by atoms with Crippen molar-refractivity contribution < 1.29 is 4.74 Å². The van der Waals surface area contributed by atoms with E-state index in [0.29, 0.717) is 17.4 Å². The van der Waals surface area contributed by atoms with E-state index >= 15 is 0 Å². The Morgan fingerprint density at radius 1 is 1.33 bits per heavy atom. The van der Waals surface area contributed by atoms with E-state index in [1.807, 2.05) is 0 Å². The first-order valence-corrected chi connectivity index (χ1v) is 6.93. The van der Waals surface area contributed by atoms with Gasteiger partial charge in [-0.05, 0) is 42.8 Å². The van der Waals surface area contributed by atoms with Crippen LogP contribution in [0.15, 0.2) is 0 Å². The van der Waals surface area contributed by atoms with Gasteiger partial charge in [-0.1, -0.05) is 27.2 Å². The molecule has 1 aliphatic carbocycles. The Morgan fingerprint density at radius 2 is 1.93 bits per heavy atom. The van der Waals surface area contributed by atoms with Crippen LogP contribution in [0.2, 0.25) is 0 Å². The lowest BCUT2D eigenvalue weighted by atomic mass is 9.76. The van der Waals surface area contributed by atoms with Crippen molar-refractivity contribution in [1.29, 1.82) is 0 Å². The van der Waals surface area contributed by atoms with Crippen LogP contribution in [0.1, 0.15) is 52.9 Å². The zero-order valence-electron chi connectivity index (χ0n) is 10.5. The zero-order valence-corrected chi connectivity index (χ0v) is 11.4. The number of ether oxygens (including phenoxy) is 1. The second-order valence-corrected chi connectivity index (χ2v) is 6.02. The normalized spacial score (nSPS) is 24.0. The molecule has 90 valence electrons. The summed E-state index contributed by atoms with van der Waals surface area (Å²) in [6, 6.07) is 0. The molecule has 2 heteroatoms. The monoisotopic (exact) mass is 230 g/mol. The highest BCUT2D eigenvalue weighted by molar-refractivity contribution is 7.80. The third kappa shape index (κ3) is 4.78. The van der Waals surface area contributed by atoms with Gasteiger partial charge in [-0.2, -0.15) is 12.6 Å². The standard InChI is InChI=1S/C13H26OS/c1-4-11(10-15)9-14-12-5-7-13(2,3)8-6-12/h11-12,15H,4-10H2,1-3H3. The van der Waals surface area contributed by atoms with Gasteiger partial charge in [0.05, 0.1) is 12.7 Å². The van der Waals surface area contributed by atoms with Gasteiger partial charge >= 0.3 is 0 Å². The van der Waals surface area contributed by atoms with Crippen molar-refractivity contribution in [1.82, 2.24) is 0 Å². The third-order valence-electron chi connectivity index (χ3n) is 3.69. The molecule has 0 amide bonds. The van der Waals surface area contributed by atoms with Gasteiger partial charge in [0, 0.05) is 0 Å². The second-order valence-electron chi connectivity index (χ2n) is 5.65. The molecular weight excluding hydrogens is 204 g/mol. The quantitative estimate of drug-likeness (QED) is 0.704. The Labute approximate surface area is 100 Å². The molecule has 0 aromatic rings. The minimum absolute atomic E-state index is 0.520. The molecule has 0 saturated heterocycles. The summed E-state index contributed by atoms with van der Waals surface area (Å²) in [7, 11) is 0. The van der Waals surface area contributed by atoms with Crippen molar-refractivity contribution in [3.8, 4) is 0 Å². The van der Waals surface area contributed by atoms with E-state index < -0.39 is 0 Å². The van der Waals surface area contributed by atoms with E-state index in [0.717, 1.165) is 12.4 Å². The van der Waals surface area contributed by atoms with Crippen LogP contribution in [0.25, 0.3) is 0 Å². The first-order valence-electron chi connectivity index (χ1n) is 6.30. The molecule has 0 aromatic carbocycles. The minimum atomic E-state index is 0.520. The third-order valence-corrected chi connectivity index (χ3v) is 4.21. The molecule has 0 radical (unpaired) electrons. The lowest BCUT2D eigenvalue weighted by Crippen LogP contribution is -2.28. The molecule has 1 saturated carbocycles. The van der Waals surface area contributed by atoms with Crippen LogP contribution in [-0.2, 0) is 4.74 Å². The minimum Gasteiger partial charge on any atom is -0.378 e. The van der Waals surface area contributed by atoms with Crippen LogP contribution in [0.3, 0.4) is 0 Å². The van der Waals surface area contributed by atoms with Crippen molar-refractivity contribution in [2.24, 2.45) is 11.3 Å². The molecule has 15 heavy (non-hydrogen) atoms. The topological polar surface area (TPSA) is 9.23 Å². The average molecular weight is 230 g/mol. The highest BCUT2D eigenvalue weighted by Gasteiger charge is 2.27. The zero-order chi connectivity index (χ0) is 11.3. The SMILES string of the molecule is CCC(CS)COC1CCC(C)(C)CC1. The summed E-state index contributed by atoms with van der Waals surface area (Å²) < 4.78 is 5.97. The van der Waals surface area contributed by atoms with Crippen molar-refractivity contribution in [3.05, 3.63) is 0 Å². The summed E-state index contributed by atoms with van der Waals surface area (Å²) in [5.41, 5.74) is 0.549. The van der Waals surface area contributed by atoms with Crippen molar-refractivity contribution >= 4 is 12.6 Å². The maximum atomic E-state index is 5.97. The van der Waals surface area contributed by atoms with Crippen molar-refractivity contribution in [3.63, 3.8) is 0 Å². The van der Waals surface area contributed by atoms with Crippen LogP contribution >= 0.6 is 12.6 Å². The largest absolute Gasteiger partial charge is 0.378 e. The van der Waals surface area contributed by atoms with Gasteiger partial charge in [-0.3, -0.25) is 0 Å². The Morgan fingerprint density at radius 3 is 2.40 bits per heavy atom. The predicted octanol–water partition coefficient (Wildman–Crippen LogP) is 3.93. The van der Waals surface area contributed by atoms with Gasteiger partial charge in [-0.15, -0.1) is 0 Å². The maximum Gasteiger partial charge on any atom is 0.0575 e. The number of hydrogen-bond acceptors (Lipinski definition) is 2. The smallest absolute Gasteiger partial charge is 0.0575 e. The Hall–Kier alpha value is 0.310. The van der Waals surface area contributed by atoms with Crippen molar-refractivity contribution in [2.75, 3.05) is 12.4 Å².